The lowest BCUT2D eigenvalue weighted by molar-refractivity contribution is -0.136. The Balaban J connectivity index is 1.32. The normalized spacial score (nSPS) is 18.3. The third kappa shape index (κ3) is 4.46. The van der Waals surface area contributed by atoms with Crippen molar-refractivity contribution in [1.82, 2.24) is 14.3 Å². The van der Waals surface area contributed by atoms with Crippen molar-refractivity contribution in [3.8, 4) is 5.75 Å². The molecule has 0 bridgehead atoms. The summed E-state index contributed by atoms with van der Waals surface area (Å²) in [5, 5.41) is 0.961. The predicted molar refractivity (Wildman–Crippen MR) is 111 cm³/mol. The average molecular weight is 401 g/mol. The summed E-state index contributed by atoms with van der Waals surface area (Å²) >= 11 is 1.45. The van der Waals surface area contributed by atoms with Gasteiger partial charge in [-0.1, -0.05) is 31.4 Å². The minimum Gasteiger partial charge on any atom is -0.497 e. The molecule has 2 aromatic rings. The van der Waals surface area contributed by atoms with Gasteiger partial charge in [-0.3, -0.25) is 4.79 Å². The lowest BCUT2D eigenvalue weighted by atomic mass is 9.88. The lowest BCUT2D eigenvalue weighted by Gasteiger charge is -2.36. The van der Waals surface area contributed by atoms with Crippen molar-refractivity contribution in [1.29, 1.82) is 0 Å². The molecule has 1 saturated carbocycles. The maximum absolute atomic E-state index is 12.7. The zero-order valence-corrected chi connectivity index (χ0v) is 17.3. The largest absolute Gasteiger partial charge is 0.497 e. The fourth-order valence-electron chi connectivity index (χ4n) is 4.14. The second kappa shape index (κ2) is 8.90. The van der Waals surface area contributed by atoms with Gasteiger partial charge in [0.2, 0.25) is 11.0 Å². The van der Waals surface area contributed by atoms with Gasteiger partial charge in [0.15, 0.2) is 0 Å². The summed E-state index contributed by atoms with van der Waals surface area (Å²) in [6, 6.07) is 8.02. The van der Waals surface area contributed by atoms with Crippen LogP contribution in [-0.2, 0) is 11.2 Å². The van der Waals surface area contributed by atoms with E-state index in [9.17, 15) is 4.79 Å². The van der Waals surface area contributed by atoms with Crippen molar-refractivity contribution in [2.75, 3.05) is 38.2 Å². The Bertz CT molecular complexity index is 795. The van der Waals surface area contributed by atoms with Gasteiger partial charge in [0, 0.05) is 50.1 Å². The SMILES string of the molecule is COc1cccc(Cc2nsc(N3CCN(C(=O)C4CCCCC4)CC3)n2)c1. The number of carbonyl (C=O) groups excluding carboxylic acids is 1. The van der Waals surface area contributed by atoms with Crippen LogP contribution < -0.4 is 9.64 Å². The lowest BCUT2D eigenvalue weighted by Crippen LogP contribution is -2.50. The van der Waals surface area contributed by atoms with Gasteiger partial charge in [0.05, 0.1) is 7.11 Å². The maximum atomic E-state index is 12.7. The maximum Gasteiger partial charge on any atom is 0.225 e. The van der Waals surface area contributed by atoms with Crippen LogP contribution in [0.1, 0.15) is 43.5 Å². The molecule has 7 heteroatoms. The Morgan fingerprint density at radius 2 is 1.96 bits per heavy atom. The van der Waals surface area contributed by atoms with Gasteiger partial charge in [0.1, 0.15) is 11.6 Å². The van der Waals surface area contributed by atoms with E-state index in [0.717, 1.165) is 61.3 Å². The van der Waals surface area contributed by atoms with E-state index in [-0.39, 0.29) is 5.92 Å². The summed E-state index contributed by atoms with van der Waals surface area (Å²) in [5.74, 6) is 2.33. The number of amides is 1. The third-order valence-corrected chi connectivity index (χ3v) is 6.58. The molecule has 28 heavy (non-hydrogen) atoms. The standard InChI is InChI=1S/C21H28N4O2S/c1-27-18-9-5-6-16(14-18)15-19-22-21(28-23-19)25-12-10-24(11-13-25)20(26)17-7-3-2-4-8-17/h5-6,9,14,17H,2-4,7-8,10-13,15H2,1H3. The molecule has 1 aromatic heterocycles. The molecule has 1 amide bonds. The van der Waals surface area contributed by atoms with E-state index >= 15 is 0 Å². The molecule has 1 saturated heterocycles. The third-order valence-electron chi connectivity index (χ3n) is 5.77. The molecule has 6 nitrogen and oxygen atoms in total. The molecule has 0 radical (unpaired) electrons. The second-order valence-corrected chi connectivity index (χ2v) is 8.40. The highest BCUT2D eigenvalue weighted by Crippen LogP contribution is 2.27. The van der Waals surface area contributed by atoms with Crippen molar-refractivity contribution in [2.45, 2.75) is 38.5 Å². The first-order chi connectivity index (χ1) is 13.7. The summed E-state index contributed by atoms with van der Waals surface area (Å²) in [6.07, 6.45) is 6.54. The fourth-order valence-corrected chi connectivity index (χ4v) is 4.87. The first-order valence-electron chi connectivity index (χ1n) is 10.2. The number of hydrogen-bond donors (Lipinski definition) is 0. The number of rotatable bonds is 5. The Labute approximate surface area is 170 Å². The van der Waals surface area contributed by atoms with Crippen LogP contribution >= 0.6 is 11.5 Å². The summed E-state index contributed by atoms with van der Waals surface area (Å²) in [7, 11) is 1.68. The Kier molecular flexibility index (Phi) is 6.10. The molecular formula is C21H28N4O2S. The highest BCUT2D eigenvalue weighted by molar-refractivity contribution is 7.09. The number of piperazine rings is 1. The number of benzene rings is 1. The van der Waals surface area contributed by atoms with E-state index in [0.29, 0.717) is 12.3 Å². The predicted octanol–water partition coefficient (Wildman–Crippen LogP) is 3.37. The van der Waals surface area contributed by atoms with E-state index in [4.69, 9.17) is 9.72 Å². The molecular weight excluding hydrogens is 372 g/mol. The quantitative estimate of drug-likeness (QED) is 0.770. The van der Waals surface area contributed by atoms with Gasteiger partial charge in [-0.25, -0.2) is 4.98 Å². The number of hydrogen-bond acceptors (Lipinski definition) is 6. The molecule has 0 N–H and O–H groups in total. The molecule has 2 heterocycles. The van der Waals surface area contributed by atoms with E-state index in [2.05, 4.69) is 20.2 Å². The number of carbonyl (C=O) groups is 1. The van der Waals surface area contributed by atoms with Gasteiger partial charge in [0.25, 0.3) is 0 Å². The van der Waals surface area contributed by atoms with E-state index in [1.165, 1.54) is 30.8 Å². The number of nitrogens with zero attached hydrogens (tertiary/aromatic N) is 4. The van der Waals surface area contributed by atoms with E-state index in [1.807, 2.05) is 18.2 Å². The van der Waals surface area contributed by atoms with Crippen LogP contribution in [0, 0.1) is 5.92 Å². The molecule has 1 aliphatic heterocycles. The molecule has 0 atom stereocenters. The number of methoxy groups -OCH3 is 1. The zero-order valence-electron chi connectivity index (χ0n) is 16.5. The number of anilines is 1. The molecule has 2 fully saturated rings. The van der Waals surface area contributed by atoms with Crippen LogP contribution in [0.15, 0.2) is 24.3 Å². The minimum atomic E-state index is 0.260. The van der Waals surface area contributed by atoms with Gasteiger partial charge in [-0.05, 0) is 30.5 Å². The molecule has 4 rings (SSSR count). The summed E-state index contributed by atoms with van der Waals surface area (Å²) in [4.78, 5) is 21.8. The number of aromatic nitrogens is 2. The zero-order chi connectivity index (χ0) is 19.3. The van der Waals surface area contributed by atoms with Crippen LogP contribution in [0.4, 0.5) is 5.13 Å². The topological polar surface area (TPSA) is 58.6 Å². The smallest absolute Gasteiger partial charge is 0.225 e. The number of ether oxygens (including phenoxy) is 1. The van der Waals surface area contributed by atoms with Crippen LogP contribution in [0.2, 0.25) is 0 Å². The highest BCUT2D eigenvalue weighted by Gasteiger charge is 2.29. The Hall–Kier alpha value is -2.15. The average Bonchev–Trinajstić information content (AvgIpc) is 3.22. The van der Waals surface area contributed by atoms with Gasteiger partial charge >= 0.3 is 0 Å². The highest BCUT2D eigenvalue weighted by atomic mass is 32.1. The van der Waals surface area contributed by atoms with Crippen LogP contribution in [0.5, 0.6) is 5.75 Å². The van der Waals surface area contributed by atoms with Crippen molar-refractivity contribution in [2.24, 2.45) is 5.92 Å². The van der Waals surface area contributed by atoms with E-state index in [1.54, 1.807) is 7.11 Å². The second-order valence-electron chi connectivity index (χ2n) is 7.67. The molecule has 1 aromatic carbocycles. The monoisotopic (exact) mass is 400 g/mol. The molecule has 0 unspecified atom stereocenters. The molecule has 0 spiro atoms. The molecule has 1 aliphatic carbocycles. The van der Waals surface area contributed by atoms with Crippen molar-refractivity contribution in [3.63, 3.8) is 0 Å². The molecule has 150 valence electrons. The summed E-state index contributed by atoms with van der Waals surface area (Å²) in [5.41, 5.74) is 1.14. The Morgan fingerprint density at radius 3 is 2.71 bits per heavy atom. The van der Waals surface area contributed by atoms with Crippen LogP contribution in [-0.4, -0.2) is 53.5 Å². The molecule has 2 aliphatic rings. The van der Waals surface area contributed by atoms with Crippen molar-refractivity contribution in [3.05, 3.63) is 35.7 Å². The first kappa shape index (κ1) is 19.2. The minimum absolute atomic E-state index is 0.260. The van der Waals surface area contributed by atoms with Gasteiger partial charge < -0.3 is 14.5 Å². The van der Waals surface area contributed by atoms with Crippen LogP contribution in [0.3, 0.4) is 0 Å². The fraction of sp³-hybridized carbons (Fsp3) is 0.571. The van der Waals surface area contributed by atoms with Gasteiger partial charge in [-0.15, -0.1) is 0 Å². The summed E-state index contributed by atoms with van der Waals surface area (Å²) in [6.45, 7) is 3.26. The van der Waals surface area contributed by atoms with Gasteiger partial charge in [-0.2, -0.15) is 4.37 Å². The van der Waals surface area contributed by atoms with Crippen molar-refractivity contribution >= 4 is 22.6 Å². The Morgan fingerprint density at radius 1 is 1.18 bits per heavy atom. The first-order valence-corrected chi connectivity index (χ1v) is 11.0. The van der Waals surface area contributed by atoms with E-state index < -0.39 is 0 Å². The van der Waals surface area contributed by atoms with Crippen LogP contribution in [0.25, 0.3) is 0 Å². The van der Waals surface area contributed by atoms with Crippen molar-refractivity contribution < 1.29 is 9.53 Å². The summed E-state index contributed by atoms with van der Waals surface area (Å²) < 4.78 is 9.82.